The number of hydrogen-bond donors (Lipinski definition) is 1. The molecule has 1 aliphatic carbocycles. The van der Waals surface area contributed by atoms with E-state index in [0.29, 0.717) is 12.6 Å². The van der Waals surface area contributed by atoms with E-state index in [1.807, 2.05) is 42.2 Å². The Balaban J connectivity index is 1.95. The van der Waals surface area contributed by atoms with E-state index in [0.717, 1.165) is 12.2 Å². The minimum atomic E-state index is 0.153. The van der Waals surface area contributed by atoms with Gasteiger partial charge in [-0.15, -0.1) is 0 Å². The fraction of sp³-hybridized carbons (Fsp3) is 0.462. The van der Waals surface area contributed by atoms with Crippen LogP contribution in [0.4, 0.5) is 5.69 Å². The van der Waals surface area contributed by atoms with Gasteiger partial charge in [0.05, 0.1) is 6.54 Å². The van der Waals surface area contributed by atoms with Crippen LogP contribution >= 0.6 is 0 Å². The van der Waals surface area contributed by atoms with Gasteiger partial charge in [0.15, 0.2) is 0 Å². The maximum absolute atomic E-state index is 12.0. The molecular weight excluding hydrogens is 200 g/mol. The van der Waals surface area contributed by atoms with Gasteiger partial charge in [0, 0.05) is 18.3 Å². The minimum absolute atomic E-state index is 0.153. The predicted octanol–water partition coefficient (Wildman–Crippen LogP) is 1.79. The fourth-order valence-electron chi connectivity index (χ4n) is 1.73. The van der Waals surface area contributed by atoms with Crippen LogP contribution < -0.4 is 10.2 Å². The van der Waals surface area contributed by atoms with Crippen LogP contribution in [0.3, 0.4) is 0 Å². The zero-order chi connectivity index (χ0) is 11.4. The molecule has 86 valence electrons. The van der Waals surface area contributed by atoms with Gasteiger partial charge in [0.1, 0.15) is 0 Å². The topological polar surface area (TPSA) is 32.3 Å². The van der Waals surface area contributed by atoms with Crippen molar-refractivity contribution in [3.8, 4) is 0 Å². The van der Waals surface area contributed by atoms with Crippen LogP contribution in [-0.4, -0.2) is 25.0 Å². The van der Waals surface area contributed by atoms with Crippen molar-refractivity contribution in [1.82, 2.24) is 5.32 Å². The van der Waals surface area contributed by atoms with E-state index in [1.54, 1.807) is 0 Å². The summed E-state index contributed by atoms with van der Waals surface area (Å²) in [5, 5.41) is 3.25. The third kappa shape index (κ3) is 2.83. The highest BCUT2D eigenvalue weighted by Crippen LogP contribution is 2.18. The van der Waals surface area contributed by atoms with Gasteiger partial charge in [0.25, 0.3) is 0 Å². The third-order valence-electron chi connectivity index (χ3n) is 2.80. The number of amides is 1. The molecule has 1 amide bonds. The molecule has 1 N–H and O–H groups in total. The molecule has 0 radical (unpaired) electrons. The average Bonchev–Trinajstić information content (AvgIpc) is 3.13. The molecule has 0 aliphatic heterocycles. The summed E-state index contributed by atoms with van der Waals surface area (Å²) >= 11 is 0. The number of hydrogen-bond acceptors (Lipinski definition) is 2. The Morgan fingerprint density at radius 1 is 1.38 bits per heavy atom. The van der Waals surface area contributed by atoms with Crippen molar-refractivity contribution < 1.29 is 4.79 Å². The Morgan fingerprint density at radius 3 is 2.62 bits per heavy atom. The largest absolute Gasteiger partial charge is 0.312 e. The molecule has 3 nitrogen and oxygen atoms in total. The van der Waals surface area contributed by atoms with E-state index in [2.05, 4.69) is 5.32 Å². The van der Waals surface area contributed by atoms with E-state index in [1.165, 1.54) is 12.8 Å². The number of benzene rings is 1. The molecule has 0 saturated heterocycles. The summed E-state index contributed by atoms with van der Waals surface area (Å²) in [7, 11) is 0. The van der Waals surface area contributed by atoms with Gasteiger partial charge >= 0.3 is 0 Å². The van der Waals surface area contributed by atoms with Gasteiger partial charge in [-0.2, -0.15) is 0 Å². The molecule has 1 saturated carbocycles. The summed E-state index contributed by atoms with van der Waals surface area (Å²) in [6, 6.07) is 10.4. The van der Waals surface area contributed by atoms with Crippen molar-refractivity contribution in [3.63, 3.8) is 0 Å². The van der Waals surface area contributed by atoms with E-state index >= 15 is 0 Å². The lowest BCUT2D eigenvalue weighted by molar-refractivity contribution is -0.117. The van der Waals surface area contributed by atoms with Gasteiger partial charge in [-0.25, -0.2) is 0 Å². The second-order valence-corrected chi connectivity index (χ2v) is 4.13. The molecule has 0 unspecified atom stereocenters. The van der Waals surface area contributed by atoms with Crippen molar-refractivity contribution >= 4 is 11.6 Å². The first kappa shape index (κ1) is 11.1. The second kappa shape index (κ2) is 5.12. The molecular formula is C13H18N2O. The highest BCUT2D eigenvalue weighted by atomic mass is 16.2. The number of nitrogens with one attached hydrogen (secondary N) is 1. The van der Waals surface area contributed by atoms with Gasteiger partial charge < -0.3 is 10.2 Å². The van der Waals surface area contributed by atoms with Gasteiger partial charge in [-0.05, 0) is 31.9 Å². The van der Waals surface area contributed by atoms with Crippen LogP contribution in [0.1, 0.15) is 19.8 Å². The molecule has 1 fully saturated rings. The maximum atomic E-state index is 12.0. The highest BCUT2D eigenvalue weighted by molar-refractivity contribution is 5.94. The van der Waals surface area contributed by atoms with Crippen LogP contribution in [0.15, 0.2) is 30.3 Å². The zero-order valence-corrected chi connectivity index (χ0v) is 9.65. The molecule has 1 aromatic carbocycles. The lowest BCUT2D eigenvalue weighted by Crippen LogP contribution is -2.38. The van der Waals surface area contributed by atoms with Crippen molar-refractivity contribution in [3.05, 3.63) is 30.3 Å². The summed E-state index contributed by atoms with van der Waals surface area (Å²) in [5.74, 6) is 0.153. The number of carbonyl (C=O) groups is 1. The molecule has 0 aromatic heterocycles. The smallest absolute Gasteiger partial charge is 0.240 e. The van der Waals surface area contributed by atoms with E-state index in [9.17, 15) is 4.79 Å². The molecule has 0 heterocycles. The fourth-order valence-corrected chi connectivity index (χ4v) is 1.73. The standard InChI is InChI=1S/C13H18N2O/c1-2-15(12-6-4-3-5-7-12)13(16)10-14-11-8-9-11/h3-7,11,14H,2,8-10H2,1H3. The lowest BCUT2D eigenvalue weighted by atomic mass is 10.3. The molecule has 2 rings (SSSR count). The van der Waals surface area contributed by atoms with Crippen LogP contribution in [0.2, 0.25) is 0 Å². The Hall–Kier alpha value is -1.35. The first-order valence-corrected chi connectivity index (χ1v) is 5.90. The van der Waals surface area contributed by atoms with Gasteiger partial charge in [0.2, 0.25) is 5.91 Å². The Labute approximate surface area is 96.5 Å². The van der Waals surface area contributed by atoms with E-state index < -0.39 is 0 Å². The van der Waals surface area contributed by atoms with E-state index in [-0.39, 0.29) is 5.91 Å². The SMILES string of the molecule is CCN(C(=O)CNC1CC1)c1ccccc1. The number of anilines is 1. The van der Waals surface area contributed by atoms with Crippen LogP contribution in [0, 0.1) is 0 Å². The summed E-state index contributed by atoms with van der Waals surface area (Å²) < 4.78 is 0. The number of nitrogens with zero attached hydrogens (tertiary/aromatic N) is 1. The predicted molar refractivity (Wildman–Crippen MR) is 65.5 cm³/mol. The summed E-state index contributed by atoms with van der Waals surface area (Å²) in [6.07, 6.45) is 2.43. The Bertz CT molecular complexity index is 346. The quantitative estimate of drug-likeness (QED) is 0.817. The second-order valence-electron chi connectivity index (χ2n) is 4.13. The van der Waals surface area contributed by atoms with Crippen molar-refractivity contribution in [2.24, 2.45) is 0 Å². The number of rotatable bonds is 5. The highest BCUT2D eigenvalue weighted by Gasteiger charge is 2.22. The van der Waals surface area contributed by atoms with Crippen LogP contribution in [0.5, 0.6) is 0 Å². The number of likely N-dealkylation sites (N-methyl/N-ethyl adjacent to an activating group) is 1. The van der Waals surface area contributed by atoms with Gasteiger partial charge in [-0.1, -0.05) is 18.2 Å². The minimum Gasteiger partial charge on any atom is -0.312 e. The van der Waals surface area contributed by atoms with Gasteiger partial charge in [-0.3, -0.25) is 4.79 Å². The molecule has 0 atom stereocenters. The van der Waals surface area contributed by atoms with Crippen molar-refractivity contribution in [2.45, 2.75) is 25.8 Å². The van der Waals surface area contributed by atoms with Crippen molar-refractivity contribution in [2.75, 3.05) is 18.0 Å². The molecule has 1 aliphatic rings. The molecule has 0 spiro atoms. The Kier molecular flexibility index (Phi) is 3.57. The monoisotopic (exact) mass is 218 g/mol. The summed E-state index contributed by atoms with van der Waals surface area (Å²) in [4.78, 5) is 13.8. The maximum Gasteiger partial charge on any atom is 0.240 e. The lowest BCUT2D eigenvalue weighted by Gasteiger charge is -2.21. The average molecular weight is 218 g/mol. The van der Waals surface area contributed by atoms with E-state index in [4.69, 9.17) is 0 Å². The Morgan fingerprint density at radius 2 is 2.06 bits per heavy atom. The zero-order valence-electron chi connectivity index (χ0n) is 9.65. The first-order chi connectivity index (χ1) is 7.81. The normalized spacial score (nSPS) is 14.8. The third-order valence-corrected chi connectivity index (χ3v) is 2.80. The summed E-state index contributed by atoms with van der Waals surface area (Å²) in [6.45, 7) is 3.17. The number of para-hydroxylation sites is 1. The number of carbonyl (C=O) groups excluding carboxylic acids is 1. The molecule has 1 aromatic rings. The van der Waals surface area contributed by atoms with Crippen LogP contribution in [0.25, 0.3) is 0 Å². The molecule has 0 bridgehead atoms. The van der Waals surface area contributed by atoms with Crippen LogP contribution in [-0.2, 0) is 4.79 Å². The first-order valence-electron chi connectivity index (χ1n) is 5.90. The molecule has 3 heteroatoms. The van der Waals surface area contributed by atoms with Crippen molar-refractivity contribution in [1.29, 1.82) is 0 Å². The summed E-state index contributed by atoms with van der Waals surface area (Å²) in [5.41, 5.74) is 0.979. The molecule has 16 heavy (non-hydrogen) atoms.